The minimum absolute atomic E-state index is 0.00976. The number of carboxylic acid groups (broad SMARTS) is 2. The Morgan fingerprint density at radius 2 is 1.82 bits per heavy atom. The van der Waals surface area contributed by atoms with Gasteiger partial charge in [-0.25, -0.2) is 28.3 Å². The van der Waals surface area contributed by atoms with Gasteiger partial charge in [-0.3, -0.25) is 4.79 Å². The van der Waals surface area contributed by atoms with Crippen LogP contribution in [0.1, 0.15) is 22.5 Å². The number of aliphatic carboxylic acids is 2. The van der Waals surface area contributed by atoms with Crippen LogP contribution in [0.3, 0.4) is 0 Å². The Labute approximate surface area is 189 Å². The van der Waals surface area contributed by atoms with Crippen LogP contribution in [0.2, 0.25) is 0 Å². The van der Waals surface area contributed by atoms with E-state index in [4.69, 9.17) is 21.7 Å². The van der Waals surface area contributed by atoms with E-state index in [1.807, 2.05) is 5.32 Å². The first-order valence-corrected chi connectivity index (χ1v) is 9.53. The van der Waals surface area contributed by atoms with E-state index in [2.05, 4.69) is 25.3 Å². The number of benzene rings is 1. The van der Waals surface area contributed by atoms with E-state index in [9.17, 15) is 23.2 Å². The number of nitrogens with one attached hydrogen (secondary N) is 2. The fraction of sp³-hybridized carbons (Fsp3) is 0.211. The topological polar surface area (TPSA) is 219 Å². The zero-order valence-corrected chi connectivity index (χ0v) is 17.2. The molecule has 15 heteroatoms. The summed E-state index contributed by atoms with van der Waals surface area (Å²) in [6.45, 7) is 0.0172. The molecule has 2 atom stereocenters. The van der Waals surface area contributed by atoms with E-state index in [-0.39, 0.29) is 40.7 Å². The maximum atomic E-state index is 14.5. The third-order valence-electron chi connectivity index (χ3n) is 4.51. The van der Waals surface area contributed by atoms with Crippen molar-refractivity contribution in [2.45, 2.75) is 25.2 Å². The minimum Gasteiger partial charge on any atom is -0.480 e. The second-order valence-electron chi connectivity index (χ2n) is 6.95. The Morgan fingerprint density at radius 3 is 2.47 bits per heavy atom. The van der Waals surface area contributed by atoms with Crippen molar-refractivity contribution in [3.8, 4) is 0 Å². The molecule has 0 saturated carbocycles. The van der Waals surface area contributed by atoms with Crippen molar-refractivity contribution < 1.29 is 33.4 Å². The molecule has 34 heavy (non-hydrogen) atoms. The van der Waals surface area contributed by atoms with Gasteiger partial charge < -0.3 is 32.3 Å². The molecule has 0 aliphatic rings. The van der Waals surface area contributed by atoms with Crippen LogP contribution in [0.25, 0.3) is 11.2 Å². The number of fused-ring (bicyclic) bond motifs is 1. The maximum absolute atomic E-state index is 14.5. The molecule has 178 valence electrons. The third kappa shape index (κ3) is 5.56. The van der Waals surface area contributed by atoms with Gasteiger partial charge in [-0.1, -0.05) is 0 Å². The van der Waals surface area contributed by atoms with Crippen molar-refractivity contribution in [2.75, 3.05) is 16.8 Å². The number of amides is 1. The third-order valence-corrected chi connectivity index (χ3v) is 4.51. The second-order valence-corrected chi connectivity index (χ2v) is 6.95. The van der Waals surface area contributed by atoms with Crippen LogP contribution >= 0.6 is 0 Å². The standard InChI is InChI=1S/C19H18F2N8O5/c20-9-3-7(16(30)27-12(18(33)34)4-10(21)17(31)32)1-2-11(9)24-5-8-6-25-15-13(26-8)14(22)28-19(23)29-15/h1-3,6,10,12,24H,4-5H2,(H,27,30)(H,31,32)(H,33,34)(H4,22,23,25,28,29)/t10-,12+/m1/s1. The molecule has 1 amide bonds. The van der Waals surface area contributed by atoms with Crippen molar-refractivity contribution in [3.05, 3.63) is 41.5 Å². The van der Waals surface area contributed by atoms with E-state index < -0.39 is 42.3 Å². The second kappa shape index (κ2) is 9.85. The van der Waals surface area contributed by atoms with Gasteiger partial charge >= 0.3 is 11.9 Å². The Balaban J connectivity index is 1.68. The highest BCUT2D eigenvalue weighted by Crippen LogP contribution is 2.19. The number of nitrogens with zero attached hydrogens (tertiary/aromatic N) is 4. The Kier molecular flexibility index (Phi) is 6.94. The summed E-state index contributed by atoms with van der Waals surface area (Å²) in [5, 5.41) is 22.4. The number of nitrogens with two attached hydrogens (primary N) is 2. The van der Waals surface area contributed by atoms with E-state index in [0.717, 1.165) is 6.07 Å². The zero-order valence-electron chi connectivity index (χ0n) is 17.2. The smallest absolute Gasteiger partial charge is 0.338 e. The summed E-state index contributed by atoms with van der Waals surface area (Å²) in [7, 11) is 0. The summed E-state index contributed by atoms with van der Waals surface area (Å²) < 4.78 is 27.8. The molecule has 0 fully saturated rings. The van der Waals surface area contributed by atoms with E-state index in [1.54, 1.807) is 0 Å². The molecular formula is C19H18F2N8O5. The van der Waals surface area contributed by atoms with E-state index in [0.29, 0.717) is 5.69 Å². The number of carbonyl (C=O) groups excluding carboxylic acids is 1. The highest BCUT2D eigenvalue weighted by molar-refractivity contribution is 5.97. The largest absolute Gasteiger partial charge is 0.480 e. The molecule has 3 rings (SSSR count). The van der Waals surface area contributed by atoms with Crippen molar-refractivity contribution >= 4 is 46.5 Å². The first-order chi connectivity index (χ1) is 16.0. The lowest BCUT2D eigenvalue weighted by atomic mass is 10.1. The number of nitrogen functional groups attached to an aromatic ring is 2. The summed E-state index contributed by atoms with van der Waals surface area (Å²) in [5.74, 6) is -5.40. The lowest BCUT2D eigenvalue weighted by molar-refractivity contribution is -0.145. The van der Waals surface area contributed by atoms with Gasteiger partial charge in [-0.05, 0) is 18.2 Å². The Hall–Kier alpha value is -4.69. The molecule has 0 radical (unpaired) electrons. The van der Waals surface area contributed by atoms with Gasteiger partial charge in [0, 0.05) is 12.0 Å². The number of anilines is 3. The molecule has 0 aliphatic carbocycles. The number of carboxylic acids is 2. The molecule has 1 aromatic carbocycles. The SMILES string of the molecule is Nc1nc(N)c2nc(CNc3ccc(C(=O)N[C@@H](C[C@@H](F)C(=O)O)C(=O)O)cc3F)cnc2n1. The van der Waals surface area contributed by atoms with Crippen molar-refractivity contribution in [3.63, 3.8) is 0 Å². The highest BCUT2D eigenvalue weighted by Gasteiger charge is 2.28. The number of hydrogen-bond acceptors (Lipinski definition) is 10. The van der Waals surface area contributed by atoms with Gasteiger partial charge in [0.05, 0.1) is 24.1 Å². The van der Waals surface area contributed by atoms with Crippen molar-refractivity contribution in [2.24, 2.45) is 0 Å². The molecule has 0 saturated heterocycles. The molecule has 0 spiro atoms. The zero-order chi connectivity index (χ0) is 25.0. The van der Waals surface area contributed by atoms with Crippen molar-refractivity contribution in [1.29, 1.82) is 0 Å². The van der Waals surface area contributed by atoms with Crippen molar-refractivity contribution in [1.82, 2.24) is 25.3 Å². The molecule has 2 heterocycles. The molecule has 0 aliphatic heterocycles. The van der Waals surface area contributed by atoms with Gasteiger partial charge in [0.15, 0.2) is 23.2 Å². The quantitative estimate of drug-likeness (QED) is 0.246. The predicted molar refractivity (Wildman–Crippen MR) is 114 cm³/mol. The first kappa shape index (κ1) is 24.0. The van der Waals surface area contributed by atoms with Crippen LogP contribution in [-0.2, 0) is 16.1 Å². The monoisotopic (exact) mass is 476 g/mol. The van der Waals surface area contributed by atoms with Gasteiger partial charge in [-0.15, -0.1) is 0 Å². The summed E-state index contributed by atoms with van der Waals surface area (Å²) in [6.07, 6.45) is -2.11. The van der Waals surface area contributed by atoms with Crippen LogP contribution in [0.4, 0.5) is 26.2 Å². The van der Waals surface area contributed by atoms with E-state index >= 15 is 0 Å². The van der Waals surface area contributed by atoms with Crippen LogP contribution in [0.15, 0.2) is 24.4 Å². The Morgan fingerprint density at radius 1 is 1.09 bits per heavy atom. The lowest BCUT2D eigenvalue weighted by Gasteiger charge is -2.15. The molecule has 0 unspecified atom stereocenters. The van der Waals surface area contributed by atoms with E-state index in [1.165, 1.54) is 18.3 Å². The van der Waals surface area contributed by atoms with Crippen LogP contribution < -0.4 is 22.1 Å². The fourth-order valence-electron chi connectivity index (χ4n) is 2.82. The normalized spacial score (nSPS) is 12.6. The van der Waals surface area contributed by atoms with Gasteiger partial charge in [0.2, 0.25) is 5.95 Å². The minimum atomic E-state index is -2.50. The average molecular weight is 476 g/mol. The number of aromatic nitrogens is 4. The van der Waals surface area contributed by atoms with Gasteiger partial charge in [-0.2, -0.15) is 9.97 Å². The highest BCUT2D eigenvalue weighted by atomic mass is 19.1. The predicted octanol–water partition coefficient (Wildman–Crippen LogP) is 0.331. The van der Waals surface area contributed by atoms with Crippen LogP contribution in [0, 0.1) is 5.82 Å². The van der Waals surface area contributed by atoms with Crippen LogP contribution in [0.5, 0.6) is 0 Å². The number of halogens is 2. The Bertz CT molecular complexity index is 1270. The summed E-state index contributed by atoms with van der Waals surface area (Å²) in [5.41, 5.74) is 11.8. The molecule has 2 aromatic heterocycles. The number of alkyl halides is 1. The number of hydrogen-bond donors (Lipinski definition) is 6. The summed E-state index contributed by atoms with van der Waals surface area (Å²) >= 11 is 0. The van der Waals surface area contributed by atoms with Gasteiger partial charge in [0.1, 0.15) is 11.9 Å². The number of rotatable bonds is 9. The summed E-state index contributed by atoms with van der Waals surface area (Å²) in [4.78, 5) is 50.1. The summed E-state index contributed by atoms with van der Waals surface area (Å²) in [6, 6.07) is 1.44. The fourth-order valence-corrected chi connectivity index (χ4v) is 2.82. The lowest BCUT2D eigenvalue weighted by Crippen LogP contribution is -2.43. The maximum Gasteiger partial charge on any atom is 0.338 e. The molecular weight excluding hydrogens is 458 g/mol. The van der Waals surface area contributed by atoms with Gasteiger partial charge in [0.25, 0.3) is 5.91 Å². The molecule has 8 N–H and O–H groups in total. The van der Waals surface area contributed by atoms with Crippen LogP contribution in [-0.4, -0.2) is 60.2 Å². The molecule has 3 aromatic rings. The molecule has 0 bridgehead atoms. The first-order valence-electron chi connectivity index (χ1n) is 9.53. The molecule has 13 nitrogen and oxygen atoms in total. The average Bonchev–Trinajstić information content (AvgIpc) is 2.77. The number of carbonyl (C=O) groups is 3.